The molecule has 8 nitrogen and oxygen atoms in total. The number of nitrogens with one attached hydrogen (secondary N) is 2. The highest BCUT2D eigenvalue weighted by Crippen LogP contribution is 2.23. The van der Waals surface area contributed by atoms with Gasteiger partial charge in [-0.1, -0.05) is 6.07 Å². The molecule has 9 heteroatoms. The maximum atomic E-state index is 12.5. The van der Waals surface area contributed by atoms with Crippen molar-refractivity contribution in [3.05, 3.63) is 41.7 Å². The van der Waals surface area contributed by atoms with Gasteiger partial charge in [0.05, 0.1) is 10.6 Å². The number of carbonyl (C=O) groups excluding carboxylic acids is 1. The zero-order chi connectivity index (χ0) is 17.9. The third-order valence-corrected chi connectivity index (χ3v) is 5.22. The van der Waals surface area contributed by atoms with Gasteiger partial charge in [-0.2, -0.15) is 5.10 Å². The molecule has 1 aliphatic rings. The van der Waals surface area contributed by atoms with Gasteiger partial charge in [-0.05, 0) is 24.6 Å². The van der Waals surface area contributed by atoms with E-state index in [0.29, 0.717) is 11.5 Å². The van der Waals surface area contributed by atoms with Crippen LogP contribution in [0.5, 0.6) is 0 Å². The van der Waals surface area contributed by atoms with Gasteiger partial charge in [-0.15, -0.1) is 11.3 Å². The summed E-state index contributed by atoms with van der Waals surface area (Å²) in [7, 11) is 2.11. The Labute approximate surface area is 154 Å². The molecule has 0 spiro atoms. The molecule has 0 radical (unpaired) electrons. The van der Waals surface area contributed by atoms with E-state index >= 15 is 0 Å². The van der Waals surface area contributed by atoms with Gasteiger partial charge in [0.1, 0.15) is 18.0 Å². The molecular weight excluding hydrogens is 350 g/mol. The van der Waals surface area contributed by atoms with E-state index in [1.165, 1.54) is 6.33 Å². The van der Waals surface area contributed by atoms with E-state index in [-0.39, 0.29) is 5.91 Å². The second-order valence-electron chi connectivity index (χ2n) is 6.15. The van der Waals surface area contributed by atoms with Crippen molar-refractivity contribution in [2.75, 3.05) is 43.4 Å². The fraction of sp³-hybridized carbons (Fsp3) is 0.294. The fourth-order valence-electron chi connectivity index (χ4n) is 2.80. The maximum absolute atomic E-state index is 12.5. The van der Waals surface area contributed by atoms with Crippen molar-refractivity contribution in [3.63, 3.8) is 0 Å². The summed E-state index contributed by atoms with van der Waals surface area (Å²) in [5, 5.41) is 11.8. The lowest BCUT2D eigenvalue weighted by Crippen LogP contribution is -2.44. The summed E-state index contributed by atoms with van der Waals surface area (Å²) >= 11 is 1.59. The van der Waals surface area contributed by atoms with Crippen molar-refractivity contribution < 1.29 is 4.79 Å². The number of thiophene rings is 1. The van der Waals surface area contributed by atoms with E-state index in [9.17, 15) is 4.79 Å². The number of hydrogen-bond acceptors (Lipinski definition) is 7. The maximum Gasteiger partial charge on any atom is 0.277 e. The molecular formula is C17H19N7OS. The smallest absolute Gasteiger partial charge is 0.277 e. The number of anilines is 2. The molecule has 0 unspecified atom stereocenters. The monoisotopic (exact) mass is 369 g/mol. The Kier molecular flexibility index (Phi) is 4.63. The molecule has 3 aromatic heterocycles. The van der Waals surface area contributed by atoms with Gasteiger partial charge in [-0.25, -0.2) is 9.97 Å². The topological polar surface area (TPSA) is 90.0 Å². The van der Waals surface area contributed by atoms with Crippen LogP contribution < -0.4 is 10.2 Å². The van der Waals surface area contributed by atoms with Gasteiger partial charge in [0, 0.05) is 32.2 Å². The second-order valence-corrected chi connectivity index (χ2v) is 7.10. The Hall–Kier alpha value is -2.78. The van der Waals surface area contributed by atoms with Crippen LogP contribution >= 0.6 is 11.3 Å². The number of nitrogens with zero attached hydrogens (tertiary/aromatic N) is 5. The van der Waals surface area contributed by atoms with Crippen molar-refractivity contribution in [3.8, 4) is 10.6 Å². The summed E-state index contributed by atoms with van der Waals surface area (Å²) in [6.45, 7) is 3.80. The van der Waals surface area contributed by atoms with Crippen LogP contribution in [0.4, 0.5) is 11.6 Å². The molecule has 3 aromatic rings. The summed E-state index contributed by atoms with van der Waals surface area (Å²) in [5.74, 6) is 0.997. The largest absolute Gasteiger partial charge is 0.354 e. The zero-order valence-corrected chi connectivity index (χ0v) is 15.2. The number of hydrogen-bond donors (Lipinski definition) is 2. The van der Waals surface area contributed by atoms with Crippen LogP contribution in [0.15, 0.2) is 36.0 Å². The molecule has 2 N–H and O–H groups in total. The number of amides is 1. The highest BCUT2D eigenvalue weighted by atomic mass is 32.1. The molecule has 0 saturated carbocycles. The van der Waals surface area contributed by atoms with Crippen LogP contribution in [0.1, 0.15) is 10.5 Å². The first-order valence-electron chi connectivity index (χ1n) is 8.35. The first kappa shape index (κ1) is 16.7. The van der Waals surface area contributed by atoms with Gasteiger partial charge < -0.3 is 15.1 Å². The van der Waals surface area contributed by atoms with Gasteiger partial charge >= 0.3 is 0 Å². The Bertz CT molecular complexity index is 884. The third kappa shape index (κ3) is 3.58. The van der Waals surface area contributed by atoms with Gasteiger partial charge in [0.25, 0.3) is 5.91 Å². The van der Waals surface area contributed by atoms with E-state index < -0.39 is 0 Å². The Balaban J connectivity index is 1.45. The van der Waals surface area contributed by atoms with Crippen LogP contribution in [0, 0.1) is 0 Å². The van der Waals surface area contributed by atoms with Crippen LogP contribution in [0.3, 0.4) is 0 Å². The van der Waals surface area contributed by atoms with Crippen molar-refractivity contribution in [1.82, 2.24) is 25.1 Å². The number of piperazine rings is 1. The SMILES string of the molecule is CN1CCN(c2cc(NC(=O)c3cc(-c4cccs4)[nH]n3)ncn2)CC1. The lowest BCUT2D eigenvalue weighted by molar-refractivity contribution is 0.102. The molecule has 4 heterocycles. The Morgan fingerprint density at radius 2 is 2.08 bits per heavy atom. The van der Waals surface area contributed by atoms with Crippen LogP contribution in [0.25, 0.3) is 10.6 Å². The summed E-state index contributed by atoms with van der Waals surface area (Å²) in [5.41, 5.74) is 1.15. The quantitative estimate of drug-likeness (QED) is 0.730. The molecule has 0 bridgehead atoms. The van der Waals surface area contributed by atoms with E-state index in [0.717, 1.165) is 42.6 Å². The number of aromatic amines is 1. The lowest BCUT2D eigenvalue weighted by Gasteiger charge is -2.33. The minimum absolute atomic E-state index is 0.299. The molecule has 134 valence electrons. The Morgan fingerprint density at radius 1 is 1.23 bits per heavy atom. The minimum Gasteiger partial charge on any atom is -0.354 e. The third-order valence-electron chi connectivity index (χ3n) is 4.32. The van der Waals surface area contributed by atoms with Crippen molar-refractivity contribution in [2.24, 2.45) is 0 Å². The molecule has 1 amide bonds. The molecule has 1 fully saturated rings. The molecule has 4 rings (SSSR count). The predicted molar refractivity (Wildman–Crippen MR) is 102 cm³/mol. The average Bonchev–Trinajstić information content (AvgIpc) is 3.34. The first-order chi connectivity index (χ1) is 12.7. The first-order valence-corrected chi connectivity index (χ1v) is 9.23. The number of rotatable bonds is 4. The van der Waals surface area contributed by atoms with E-state index in [1.54, 1.807) is 23.5 Å². The van der Waals surface area contributed by atoms with E-state index in [4.69, 9.17) is 0 Å². The van der Waals surface area contributed by atoms with Gasteiger partial charge in [0.2, 0.25) is 0 Å². The minimum atomic E-state index is -0.299. The summed E-state index contributed by atoms with van der Waals surface area (Å²) in [4.78, 5) is 26.5. The lowest BCUT2D eigenvalue weighted by atomic mass is 10.3. The molecule has 0 aromatic carbocycles. The second kappa shape index (κ2) is 7.22. The number of carbonyl (C=O) groups is 1. The normalized spacial score (nSPS) is 15.2. The average molecular weight is 369 g/mol. The molecule has 0 atom stereocenters. The predicted octanol–water partition coefficient (Wildman–Crippen LogP) is 1.93. The molecule has 1 saturated heterocycles. The van der Waals surface area contributed by atoms with Gasteiger partial charge in [0.15, 0.2) is 5.69 Å². The molecule has 0 aliphatic carbocycles. The molecule has 26 heavy (non-hydrogen) atoms. The van der Waals surface area contributed by atoms with Crippen LogP contribution in [-0.2, 0) is 0 Å². The van der Waals surface area contributed by atoms with Crippen molar-refractivity contribution in [2.45, 2.75) is 0 Å². The summed E-state index contributed by atoms with van der Waals surface area (Å²) in [6, 6.07) is 7.48. The number of H-pyrrole nitrogens is 1. The van der Waals surface area contributed by atoms with Crippen molar-refractivity contribution in [1.29, 1.82) is 0 Å². The summed E-state index contributed by atoms with van der Waals surface area (Å²) < 4.78 is 0. The van der Waals surface area contributed by atoms with E-state index in [1.807, 2.05) is 17.5 Å². The fourth-order valence-corrected chi connectivity index (χ4v) is 3.49. The summed E-state index contributed by atoms with van der Waals surface area (Å²) in [6.07, 6.45) is 1.48. The number of aromatic nitrogens is 4. The highest BCUT2D eigenvalue weighted by Gasteiger charge is 2.17. The van der Waals surface area contributed by atoms with Gasteiger partial charge in [-0.3, -0.25) is 9.89 Å². The zero-order valence-electron chi connectivity index (χ0n) is 14.3. The standard InChI is InChI=1S/C17H19N7OS/c1-23-4-6-24(7-5-23)16-10-15(18-11-19-16)20-17(25)13-9-12(21-22-13)14-3-2-8-26-14/h2-3,8-11H,4-7H2,1H3,(H,21,22)(H,18,19,20,25). The van der Waals surface area contributed by atoms with Crippen LogP contribution in [-0.4, -0.2) is 64.2 Å². The van der Waals surface area contributed by atoms with E-state index in [2.05, 4.69) is 42.3 Å². The molecule has 1 aliphatic heterocycles. The van der Waals surface area contributed by atoms with Crippen LogP contribution in [0.2, 0.25) is 0 Å². The number of likely N-dealkylation sites (N-methyl/N-ethyl adjacent to an activating group) is 1. The Morgan fingerprint density at radius 3 is 2.85 bits per heavy atom. The van der Waals surface area contributed by atoms with Crippen molar-refractivity contribution >= 4 is 28.9 Å². The highest BCUT2D eigenvalue weighted by molar-refractivity contribution is 7.13.